The molecule has 1 aliphatic heterocycles. The second kappa shape index (κ2) is 5.36. The highest BCUT2D eigenvalue weighted by Gasteiger charge is 2.21. The predicted molar refractivity (Wildman–Crippen MR) is 84.6 cm³/mol. The number of fused-ring (bicyclic) bond motifs is 2. The molecule has 0 radical (unpaired) electrons. The third kappa shape index (κ3) is 2.30. The zero-order chi connectivity index (χ0) is 14.9. The third-order valence-corrected chi connectivity index (χ3v) is 4.33. The topological polar surface area (TPSA) is 68.5 Å². The molecule has 22 heavy (non-hydrogen) atoms. The van der Waals surface area contributed by atoms with Crippen molar-refractivity contribution in [3.05, 3.63) is 42.2 Å². The number of benzene rings is 1. The molecule has 3 heterocycles. The van der Waals surface area contributed by atoms with Crippen molar-refractivity contribution in [1.82, 2.24) is 24.7 Å². The van der Waals surface area contributed by atoms with Gasteiger partial charge >= 0.3 is 0 Å². The van der Waals surface area contributed by atoms with E-state index in [9.17, 15) is 0 Å². The van der Waals surface area contributed by atoms with Gasteiger partial charge in [-0.2, -0.15) is 0 Å². The average Bonchev–Trinajstić information content (AvgIpc) is 2.94. The van der Waals surface area contributed by atoms with Crippen LogP contribution in [0.4, 0.5) is 5.82 Å². The molecule has 112 valence electrons. The van der Waals surface area contributed by atoms with Crippen molar-refractivity contribution in [2.24, 2.45) is 5.92 Å². The fraction of sp³-hybridized carbons (Fsp3) is 0.375. The predicted octanol–water partition coefficient (Wildman–Crippen LogP) is 2.20. The molecule has 2 aromatic heterocycles. The van der Waals surface area contributed by atoms with E-state index >= 15 is 0 Å². The second-order valence-corrected chi connectivity index (χ2v) is 5.80. The lowest BCUT2D eigenvalue weighted by atomic mass is 9.99. The Kier molecular flexibility index (Phi) is 3.21. The quantitative estimate of drug-likeness (QED) is 0.802. The Morgan fingerprint density at radius 1 is 1.23 bits per heavy atom. The van der Waals surface area contributed by atoms with Gasteiger partial charge in [0, 0.05) is 24.9 Å². The van der Waals surface area contributed by atoms with Crippen molar-refractivity contribution in [1.29, 1.82) is 0 Å². The van der Waals surface area contributed by atoms with E-state index in [1.165, 1.54) is 0 Å². The van der Waals surface area contributed by atoms with Crippen molar-refractivity contribution in [2.45, 2.75) is 26.3 Å². The lowest BCUT2D eigenvalue weighted by Gasteiger charge is -2.24. The number of aryl methyl sites for hydroxylation is 2. The Bertz CT molecular complexity index is 804. The number of rotatable bonds is 3. The van der Waals surface area contributed by atoms with Crippen LogP contribution in [0.1, 0.15) is 18.1 Å². The van der Waals surface area contributed by atoms with Crippen molar-refractivity contribution in [3.8, 4) is 0 Å². The zero-order valence-electron chi connectivity index (χ0n) is 12.5. The smallest absolute Gasteiger partial charge is 0.137 e. The molecule has 0 saturated heterocycles. The summed E-state index contributed by atoms with van der Waals surface area (Å²) in [6.45, 7) is 3.90. The first kappa shape index (κ1) is 13.2. The van der Waals surface area contributed by atoms with Crippen molar-refractivity contribution in [3.63, 3.8) is 0 Å². The minimum atomic E-state index is 0.566. The number of anilines is 1. The SMILES string of the molecule is Cc1nnc2n1C[C@@H](CNc1ncnc3ccccc13)CC2. The van der Waals surface area contributed by atoms with E-state index in [0.717, 1.165) is 54.3 Å². The van der Waals surface area contributed by atoms with Crippen LogP contribution >= 0.6 is 0 Å². The number of hydrogen-bond donors (Lipinski definition) is 1. The highest BCUT2D eigenvalue weighted by atomic mass is 15.3. The minimum Gasteiger partial charge on any atom is -0.369 e. The molecule has 4 rings (SSSR count). The third-order valence-electron chi connectivity index (χ3n) is 4.33. The zero-order valence-corrected chi connectivity index (χ0v) is 12.5. The molecule has 0 fully saturated rings. The number of aromatic nitrogens is 5. The molecule has 1 N–H and O–H groups in total. The van der Waals surface area contributed by atoms with Gasteiger partial charge in [-0.15, -0.1) is 10.2 Å². The maximum Gasteiger partial charge on any atom is 0.137 e. The van der Waals surface area contributed by atoms with Gasteiger partial charge in [0.15, 0.2) is 0 Å². The standard InChI is InChI=1S/C16H18N6/c1-11-20-21-15-7-6-12(9-22(11)15)8-17-16-13-4-2-3-5-14(13)18-10-19-16/h2-5,10,12H,6-9H2,1H3,(H,17,18,19)/t12-/m1/s1. The largest absolute Gasteiger partial charge is 0.369 e. The molecule has 0 amide bonds. The fourth-order valence-corrected chi connectivity index (χ4v) is 3.08. The summed E-state index contributed by atoms with van der Waals surface area (Å²) in [6, 6.07) is 8.08. The van der Waals surface area contributed by atoms with Gasteiger partial charge in [0.25, 0.3) is 0 Å². The van der Waals surface area contributed by atoms with Crippen LogP contribution in [0.5, 0.6) is 0 Å². The van der Waals surface area contributed by atoms with Crippen LogP contribution in [-0.4, -0.2) is 31.3 Å². The molecular formula is C16H18N6. The number of nitrogens with zero attached hydrogens (tertiary/aromatic N) is 5. The Morgan fingerprint density at radius 2 is 2.14 bits per heavy atom. The van der Waals surface area contributed by atoms with E-state index in [1.54, 1.807) is 6.33 Å². The lowest BCUT2D eigenvalue weighted by Crippen LogP contribution is -2.27. The maximum absolute atomic E-state index is 4.39. The van der Waals surface area contributed by atoms with Gasteiger partial charge in [0.2, 0.25) is 0 Å². The summed E-state index contributed by atoms with van der Waals surface area (Å²) < 4.78 is 2.23. The van der Waals surface area contributed by atoms with E-state index in [-0.39, 0.29) is 0 Å². The van der Waals surface area contributed by atoms with Crippen LogP contribution in [0.15, 0.2) is 30.6 Å². The first-order valence-electron chi connectivity index (χ1n) is 7.63. The number of para-hydroxylation sites is 1. The highest BCUT2D eigenvalue weighted by molar-refractivity contribution is 5.88. The molecule has 1 atom stereocenters. The van der Waals surface area contributed by atoms with Crippen LogP contribution in [0.25, 0.3) is 10.9 Å². The van der Waals surface area contributed by atoms with E-state index in [2.05, 4.69) is 36.1 Å². The molecule has 0 saturated carbocycles. The van der Waals surface area contributed by atoms with Gasteiger partial charge < -0.3 is 9.88 Å². The van der Waals surface area contributed by atoms with Crippen LogP contribution < -0.4 is 5.32 Å². The number of nitrogens with one attached hydrogen (secondary N) is 1. The van der Waals surface area contributed by atoms with Gasteiger partial charge in [0.1, 0.15) is 23.8 Å². The van der Waals surface area contributed by atoms with Crippen LogP contribution in [0.2, 0.25) is 0 Å². The maximum atomic E-state index is 4.39. The first-order chi connectivity index (χ1) is 10.8. The summed E-state index contributed by atoms with van der Waals surface area (Å²) in [5.74, 6) is 3.60. The van der Waals surface area contributed by atoms with Gasteiger partial charge in [-0.05, 0) is 31.4 Å². The molecule has 0 bridgehead atoms. The monoisotopic (exact) mass is 294 g/mol. The summed E-state index contributed by atoms with van der Waals surface area (Å²) in [7, 11) is 0. The summed E-state index contributed by atoms with van der Waals surface area (Å²) >= 11 is 0. The van der Waals surface area contributed by atoms with E-state index < -0.39 is 0 Å². The number of hydrogen-bond acceptors (Lipinski definition) is 5. The van der Waals surface area contributed by atoms with Crippen LogP contribution in [0.3, 0.4) is 0 Å². The summed E-state index contributed by atoms with van der Waals surface area (Å²) in [6.07, 6.45) is 3.75. The molecule has 0 spiro atoms. The Hall–Kier alpha value is -2.50. The molecule has 1 aliphatic rings. The lowest BCUT2D eigenvalue weighted by molar-refractivity contribution is 0.377. The molecule has 6 heteroatoms. The minimum absolute atomic E-state index is 0.566. The second-order valence-electron chi connectivity index (χ2n) is 5.80. The van der Waals surface area contributed by atoms with E-state index in [1.807, 2.05) is 25.1 Å². The summed E-state index contributed by atoms with van der Waals surface area (Å²) in [4.78, 5) is 8.69. The Morgan fingerprint density at radius 3 is 3.09 bits per heavy atom. The Labute approximate surface area is 128 Å². The molecule has 0 aliphatic carbocycles. The van der Waals surface area contributed by atoms with Gasteiger partial charge in [-0.25, -0.2) is 9.97 Å². The van der Waals surface area contributed by atoms with Crippen LogP contribution in [0, 0.1) is 12.8 Å². The van der Waals surface area contributed by atoms with Crippen molar-refractivity contribution >= 4 is 16.7 Å². The van der Waals surface area contributed by atoms with E-state index in [4.69, 9.17) is 0 Å². The van der Waals surface area contributed by atoms with Crippen molar-refractivity contribution in [2.75, 3.05) is 11.9 Å². The fourth-order valence-electron chi connectivity index (χ4n) is 3.08. The molecule has 1 aromatic carbocycles. The molecular weight excluding hydrogens is 276 g/mol. The van der Waals surface area contributed by atoms with Gasteiger partial charge in [-0.1, -0.05) is 12.1 Å². The van der Waals surface area contributed by atoms with Gasteiger partial charge in [0.05, 0.1) is 5.52 Å². The van der Waals surface area contributed by atoms with Crippen LogP contribution in [-0.2, 0) is 13.0 Å². The summed E-state index contributed by atoms with van der Waals surface area (Å²) in [5, 5.41) is 13.0. The van der Waals surface area contributed by atoms with Crippen molar-refractivity contribution < 1.29 is 0 Å². The molecule has 3 aromatic rings. The first-order valence-corrected chi connectivity index (χ1v) is 7.63. The molecule has 0 unspecified atom stereocenters. The Balaban J connectivity index is 1.50. The summed E-state index contributed by atoms with van der Waals surface area (Å²) in [5.41, 5.74) is 0.973. The highest BCUT2D eigenvalue weighted by Crippen LogP contribution is 2.22. The van der Waals surface area contributed by atoms with Gasteiger partial charge in [-0.3, -0.25) is 0 Å². The molecule has 6 nitrogen and oxygen atoms in total. The normalized spacial score (nSPS) is 17.4. The van der Waals surface area contributed by atoms with E-state index in [0.29, 0.717) is 5.92 Å². The average molecular weight is 294 g/mol.